The zero-order chi connectivity index (χ0) is 11.4. The van der Waals surface area contributed by atoms with Gasteiger partial charge in [-0.15, -0.1) is 0 Å². The lowest BCUT2D eigenvalue weighted by molar-refractivity contribution is -0.247. The fourth-order valence-corrected chi connectivity index (χ4v) is 2.13. The maximum Gasteiger partial charge on any atom is 0.157 e. The average Bonchev–Trinajstić information content (AvgIpc) is 2.39. The summed E-state index contributed by atoms with van der Waals surface area (Å²) < 4.78 is 22.5. The molecule has 2 rings (SSSR count). The summed E-state index contributed by atoms with van der Waals surface area (Å²) in [6.45, 7) is 7.23. The smallest absolute Gasteiger partial charge is 0.157 e. The van der Waals surface area contributed by atoms with Gasteiger partial charge in [-0.2, -0.15) is 0 Å². The van der Waals surface area contributed by atoms with Crippen LogP contribution in [0.5, 0.6) is 0 Å². The standard InChI is InChI=1S/C12H22O4/c1-3-11-13-5-9(6-14-11)10-7-15-12(4-2)16-8-10/h9-12H,3-8H2,1-2H3. The van der Waals surface area contributed by atoms with Crippen molar-refractivity contribution in [2.24, 2.45) is 11.8 Å². The second kappa shape index (κ2) is 5.96. The van der Waals surface area contributed by atoms with Gasteiger partial charge in [-0.05, 0) is 12.8 Å². The van der Waals surface area contributed by atoms with Crippen LogP contribution >= 0.6 is 0 Å². The maximum absolute atomic E-state index is 5.61. The second-order valence-corrected chi connectivity index (χ2v) is 4.53. The molecule has 2 aliphatic rings. The summed E-state index contributed by atoms with van der Waals surface area (Å²) in [5.74, 6) is 0.834. The van der Waals surface area contributed by atoms with Gasteiger partial charge in [0, 0.05) is 11.8 Å². The Morgan fingerprint density at radius 1 is 0.688 bits per heavy atom. The molecule has 4 heteroatoms. The van der Waals surface area contributed by atoms with Crippen molar-refractivity contribution in [2.75, 3.05) is 26.4 Å². The Labute approximate surface area is 97.2 Å². The SMILES string of the molecule is CCC1OCC(C2COC(CC)OC2)CO1. The highest BCUT2D eigenvalue weighted by Crippen LogP contribution is 2.25. The number of hydrogen-bond acceptors (Lipinski definition) is 4. The molecule has 0 aromatic rings. The second-order valence-electron chi connectivity index (χ2n) is 4.53. The van der Waals surface area contributed by atoms with Crippen molar-refractivity contribution < 1.29 is 18.9 Å². The molecule has 2 heterocycles. The van der Waals surface area contributed by atoms with Crippen molar-refractivity contribution in [3.8, 4) is 0 Å². The van der Waals surface area contributed by atoms with Crippen LogP contribution in [0.3, 0.4) is 0 Å². The molecule has 4 nitrogen and oxygen atoms in total. The fourth-order valence-electron chi connectivity index (χ4n) is 2.13. The highest BCUT2D eigenvalue weighted by atomic mass is 16.7. The van der Waals surface area contributed by atoms with E-state index in [1.165, 1.54) is 0 Å². The van der Waals surface area contributed by atoms with Gasteiger partial charge in [0.1, 0.15) is 0 Å². The lowest BCUT2D eigenvalue weighted by Gasteiger charge is -2.37. The van der Waals surface area contributed by atoms with Crippen LogP contribution in [0.1, 0.15) is 26.7 Å². The van der Waals surface area contributed by atoms with Gasteiger partial charge < -0.3 is 18.9 Å². The molecule has 0 radical (unpaired) electrons. The number of hydrogen-bond donors (Lipinski definition) is 0. The van der Waals surface area contributed by atoms with E-state index in [9.17, 15) is 0 Å². The summed E-state index contributed by atoms with van der Waals surface area (Å²) in [6, 6.07) is 0. The summed E-state index contributed by atoms with van der Waals surface area (Å²) in [5, 5.41) is 0. The molecule has 0 aliphatic carbocycles. The van der Waals surface area contributed by atoms with Gasteiger partial charge in [0.05, 0.1) is 26.4 Å². The van der Waals surface area contributed by atoms with Gasteiger partial charge in [-0.1, -0.05) is 13.8 Å². The Bertz CT molecular complexity index is 171. The van der Waals surface area contributed by atoms with Crippen molar-refractivity contribution in [1.82, 2.24) is 0 Å². The predicted molar refractivity (Wildman–Crippen MR) is 58.9 cm³/mol. The van der Waals surface area contributed by atoms with Gasteiger partial charge in [0.2, 0.25) is 0 Å². The molecule has 94 valence electrons. The van der Waals surface area contributed by atoms with E-state index in [0.29, 0.717) is 11.8 Å². The van der Waals surface area contributed by atoms with E-state index < -0.39 is 0 Å². The van der Waals surface area contributed by atoms with Crippen LogP contribution in [0.4, 0.5) is 0 Å². The van der Waals surface area contributed by atoms with Crippen molar-refractivity contribution in [2.45, 2.75) is 39.3 Å². The zero-order valence-corrected chi connectivity index (χ0v) is 10.2. The minimum absolute atomic E-state index is 0.00920. The largest absolute Gasteiger partial charge is 0.352 e. The quantitative estimate of drug-likeness (QED) is 0.740. The van der Waals surface area contributed by atoms with Gasteiger partial charge in [-0.3, -0.25) is 0 Å². The Hall–Kier alpha value is -0.160. The third-order valence-electron chi connectivity index (χ3n) is 3.32. The Morgan fingerprint density at radius 3 is 1.25 bits per heavy atom. The Kier molecular flexibility index (Phi) is 4.58. The Morgan fingerprint density at radius 2 is 1.00 bits per heavy atom. The molecule has 0 saturated carbocycles. The number of rotatable bonds is 3. The van der Waals surface area contributed by atoms with E-state index in [2.05, 4.69) is 13.8 Å². The summed E-state index contributed by atoms with van der Waals surface area (Å²) in [7, 11) is 0. The van der Waals surface area contributed by atoms with Crippen molar-refractivity contribution in [3.05, 3.63) is 0 Å². The predicted octanol–water partition coefficient (Wildman–Crippen LogP) is 1.78. The third-order valence-corrected chi connectivity index (χ3v) is 3.32. The van der Waals surface area contributed by atoms with Crippen LogP contribution in [0.25, 0.3) is 0 Å². The third kappa shape index (κ3) is 2.94. The normalized spacial score (nSPS) is 40.9. The zero-order valence-electron chi connectivity index (χ0n) is 10.2. The molecule has 0 atom stereocenters. The van der Waals surface area contributed by atoms with Gasteiger partial charge in [0.15, 0.2) is 12.6 Å². The van der Waals surface area contributed by atoms with E-state index in [4.69, 9.17) is 18.9 Å². The van der Waals surface area contributed by atoms with Crippen LogP contribution in [0.2, 0.25) is 0 Å². The first-order valence-electron chi connectivity index (χ1n) is 6.29. The summed E-state index contributed by atoms with van der Waals surface area (Å²) in [6.07, 6.45) is 1.82. The molecule has 0 amide bonds. The van der Waals surface area contributed by atoms with E-state index in [1.807, 2.05) is 0 Å². The number of ether oxygens (including phenoxy) is 4. The Balaban J connectivity index is 1.73. The molecule has 0 aromatic heterocycles. The highest BCUT2D eigenvalue weighted by molar-refractivity contribution is 4.74. The van der Waals surface area contributed by atoms with Crippen LogP contribution in [-0.4, -0.2) is 39.0 Å². The first-order valence-corrected chi connectivity index (χ1v) is 6.29. The lowest BCUT2D eigenvalue weighted by Crippen LogP contribution is -2.42. The van der Waals surface area contributed by atoms with E-state index >= 15 is 0 Å². The van der Waals surface area contributed by atoms with Crippen molar-refractivity contribution in [3.63, 3.8) is 0 Å². The van der Waals surface area contributed by atoms with E-state index in [-0.39, 0.29) is 12.6 Å². The molecule has 0 bridgehead atoms. The minimum atomic E-state index is -0.00920. The van der Waals surface area contributed by atoms with Crippen LogP contribution < -0.4 is 0 Å². The van der Waals surface area contributed by atoms with Crippen LogP contribution in [0.15, 0.2) is 0 Å². The molecule has 0 aromatic carbocycles. The molecular weight excluding hydrogens is 208 g/mol. The molecule has 2 aliphatic heterocycles. The monoisotopic (exact) mass is 230 g/mol. The van der Waals surface area contributed by atoms with Gasteiger partial charge >= 0.3 is 0 Å². The highest BCUT2D eigenvalue weighted by Gasteiger charge is 2.32. The molecule has 0 unspecified atom stereocenters. The lowest BCUT2D eigenvalue weighted by atomic mass is 9.94. The first-order chi connectivity index (χ1) is 7.83. The van der Waals surface area contributed by atoms with Crippen LogP contribution in [-0.2, 0) is 18.9 Å². The van der Waals surface area contributed by atoms with Gasteiger partial charge in [0.25, 0.3) is 0 Å². The van der Waals surface area contributed by atoms with Crippen LogP contribution in [0, 0.1) is 11.8 Å². The summed E-state index contributed by atoms with van der Waals surface area (Å²) in [5.41, 5.74) is 0. The molecule has 2 saturated heterocycles. The molecule has 2 fully saturated rings. The van der Waals surface area contributed by atoms with Gasteiger partial charge in [-0.25, -0.2) is 0 Å². The molecule has 0 spiro atoms. The fraction of sp³-hybridized carbons (Fsp3) is 1.00. The topological polar surface area (TPSA) is 36.9 Å². The van der Waals surface area contributed by atoms with E-state index in [0.717, 1.165) is 39.3 Å². The summed E-state index contributed by atoms with van der Waals surface area (Å²) >= 11 is 0. The van der Waals surface area contributed by atoms with Crippen molar-refractivity contribution in [1.29, 1.82) is 0 Å². The van der Waals surface area contributed by atoms with E-state index in [1.54, 1.807) is 0 Å². The van der Waals surface area contributed by atoms with Crippen molar-refractivity contribution >= 4 is 0 Å². The maximum atomic E-state index is 5.61. The molecular formula is C12H22O4. The summed E-state index contributed by atoms with van der Waals surface area (Å²) in [4.78, 5) is 0. The molecule has 16 heavy (non-hydrogen) atoms. The average molecular weight is 230 g/mol. The first kappa shape index (κ1) is 12.3. The minimum Gasteiger partial charge on any atom is -0.352 e. The molecule has 0 N–H and O–H groups in total.